The predicted octanol–water partition coefficient (Wildman–Crippen LogP) is 5.07. The molecule has 0 amide bonds. The topological polar surface area (TPSA) is 74.3 Å². The van der Waals surface area contributed by atoms with E-state index in [-0.39, 0.29) is 5.56 Å². The summed E-state index contributed by atoms with van der Waals surface area (Å²) in [5.74, 6) is 1.93. The molecule has 4 heterocycles. The van der Waals surface area contributed by atoms with Gasteiger partial charge in [0.15, 0.2) is 11.0 Å². The van der Waals surface area contributed by atoms with E-state index in [0.717, 1.165) is 26.6 Å². The van der Waals surface area contributed by atoms with E-state index in [4.69, 9.17) is 4.74 Å². The first-order valence-corrected chi connectivity index (χ1v) is 12.2. The minimum atomic E-state index is -0.127. The van der Waals surface area contributed by atoms with Gasteiger partial charge >= 0.3 is 0 Å². The van der Waals surface area contributed by atoms with Gasteiger partial charge in [0.1, 0.15) is 11.4 Å². The largest absolute Gasteiger partial charge is 0.495 e. The number of para-hydroxylation sites is 2. The standard InChI is InChI=1S/C22H16BrN5O2S2/c1-30-17-6-3-2-5-16(17)28-21(18-7-4-10-31-18)25-26-22(28)32-13-15-11-20(29)27-12-14(23)8-9-19(27)24-15/h2-12H,13H2,1H3. The number of nitrogens with zero attached hydrogens (tertiary/aromatic N) is 5. The van der Waals surface area contributed by atoms with Crippen molar-refractivity contribution >= 4 is 44.7 Å². The molecule has 0 radical (unpaired) electrons. The highest BCUT2D eigenvalue weighted by atomic mass is 79.9. The fourth-order valence-corrected chi connectivity index (χ4v) is 5.17. The monoisotopic (exact) mass is 525 g/mol. The highest BCUT2D eigenvalue weighted by molar-refractivity contribution is 9.10. The van der Waals surface area contributed by atoms with Gasteiger partial charge in [0, 0.05) is 22.5 Å². The Morgan fingerprint density at radius 1 is 1.12 bits per heavy atom. The quantitative estimate of drug-likeness (QED) is 0.288. The molecule has 0 atom stereocenters. The number of hydrogen-bond donors (Lipinski definition) is 0. The van der Waals surface area contributed by atoms with Crippen LogP contribution in [0, 0.1) is 0 Å². The van der Waals surface area contributed by atoms with Crippen LogP contribution in [0.4, 0.5) is 0 Å². The van der Waals surface area contributed by atoms with Crippen molar-refractivity contribution in [3.05, 3.63) is 86.7 Å². The molecule has 0 saturated heterocycles. The lowest BCUT2D eigenvalue weighted by molar-refractivity contribution is 0.412. The molecule has 7 nitrogen and oxygen atoms in total. The van der Waals surface area contributed by atoms with E-state index in [1.54, 1.807) is 30.7 Å². The summed E-state index contributed by atoms with van der Waals surface area (Å²) in [5, 5.41) is 11.6. The second kappa shape index (κ2) is 8.89. The van der Waals surface area contributed by atoms with Crippen molar-refractivity contribution in [2.75, 3.05) is 7.11 Å². The zero-order valence-corrected chi connectivity index (χ0v) is 20.0. The van der Waals surface area contributed by atoms with E-state index < -0.39 is 0 Å². The first-order valence-electron chi connectivity index (χ1n) is 9.57. The number of ether oxygens (including phenoxy) is 1. The Balaban J connectivity index is 1.54. The van der Waals surface area contributed by atoms with Crippen LogP contribution in [0.15, 0.2) is 80.6 Å². The molecule has 0 aliphatic rings. The van der Waals surface area contributed by atoms with Crippen LogP contribution < -0.4 is 10.3 Å². The van der Waals surface area contributed by atoms with Crippen molar-refractivity contribution in [3.8, 4) is 22.1 Å². The average molecular weight is 526 g/mol. The zero-order chi connectivity index (χ0) is 22.1. The fraction of sp³-hybridized carbons (Fsp3) is 0.0909. The second-order valence-corrected chi connectivity index (χ2v) is 9.55. The van der Waals surface area contributed by atoms with Crippen LogP contribution in [0.5, 0.6) is 5.75 Å². The Bertz CT molecular complexity index is 1460. The second-order valence-electron chi connectivity index (χ2n) is 6.74. The summed E-state index contributed by atoms with van der Waals surface area (Å²) in [7, 11) is 1.64. The number of pyridine rings is 1. The van der Waals surface area contributed by atoms with Crippen LogP contribution in [0.1, 0.15) is 5.69 Å². The van der Waals surface area contributed by atoms with Crippen molar-refractivity contribution in [3.63, 3.8) is 0 Å². The maximum Gasteiger partial charge on any atom is 0.258 e. The fourth-order valence-electron chi connectivity index (χ4n) is 3.30. The van der Waals surface area contributed by atoms with Crippen LogP contribution in [0.3, 0.4) is 0 Å². The van der Waals surface area contributed by atoms with Crippen molar-refractivity contribution < 1.29 is 4.74 Å². The Labute approximate surface area is 199 Å². The lowest BCUT2D eigenvalue weighted by Crippen LogP contribution is -2.15. The smallest absolute Gasteiger partial charge is 0.258 e. The molecule has 0 N–H and O–H groups in total. The molecule has 4 aromatic heterocycles. The van der Waals surface area contributed by atoms with E-state index in [2.05, 4.69) is 31.1 Å². The average Bonchev–Trinajstić information content (AvgIpc) is 3.48. The van der Waals surface area contributed by atoms with E-state index in [9.17, 15) is 4.79 Å². The number of thiophene rings is 1. The molecule has 160 valence electrons. The molecule has 1 aromatic carbocycles. The summed E-state index contributed by atoms with van der Waals surface area (Å²) < 4.78 is 9.92. The van der Waals surface area contributed by atoms with Gasteiger partial charge < -0.3 is 4.74 Å². The first-order chi connectivity index (χ1) is 15.6. The summed E-state index contributed by atoms with van der Waals surface area (Å²) in [4.78, 5) is 18.2. The van der Waals surface area contributed by atoms with E-state index in [1.165, 1.54) is 16.2 Å². The van der Waals surface area contributed by atoms with Gasteiger partial charge in [-0.05, 0) is 51.6 Å². The normalized spacial score (nSPS) is 11.2. The number of fused-ring (bicyclic) bond motifs is 1. The summed E-state index contributed by atoms with van der Waals surface area (Å²) in [6, 6.07) is 17.0. The van der Waals surface area contributed by atoms with Gasteiger partial charge in [-0.25, -0.2) is 4.98 Å². The third-order valence-electron chi connectivity index (χ3n) is 4.73. The summed E-state index contributed by atoms with van der Waals surface area (Å²) in [5.41, 5.74) is 2.00. The van der Waals surface area contributed by atoms with Gasteiger partial charge in [-0.15, -0.1) is 21.5 Å². The maximum atomic E-state index is 12.5. The van der Waals surface area contributed by atoms with Crippen LogP contribution in [0.25, 0.3) is 22.0 Å². The third kappa shape index (κ3) is 3.96. The van der Waals surface area contributed by atoms with Crippen molar-refractivity contribution in [1.82, 2.24) is 24.1 Å². The zero-order valence-electron chi connectivity index (χ0n) is 16.8. The minimum absolute atomic E-state index is 0.127. The summed E-state index contributed by atoms with van der Waals surface area (Å²) in [6.45, 7) is 0. The van der Waals surface area contributed by atoms with Gasteiger partial charge in [-0.1, -0.05) is 30.0 Å². The number of aromatic nitrogens is 5. The van der Waals surface area contributed by atoms with Crippen LogP contribution in [-0.2, 0) is 5.75 Å². The third-order valence-corrected chi connectivity index (χ3v) is 7.02. The molecular weight excluding hydrogens is 510 g/mol. The van der Waals surface area contributed by atoms with Crippen LogP contribution in [0.2, 0.25) is 0 Å². The number of thioether (sulfide) groups is 1. The molecule has 0 aliphatic heterocycles. The Hall–Kier alpha value is -2.95. The van der Waals surface area contributed by atoms with E-state index in [1.807, 2.05) is 58.5 Å². The molecule has 0 saturated carbocycles. The van der Waals surface area contributed by atoms with Crippen LogP contribution >= 0.6 is 39.0 Å². The van der Waals surface area contributed by atoms with E-state index >= 15 is 0 Å². The molecule has 0 fully saturated rings. The van der Waals surface area contributed by atoms with Gasteiger partial charge in [-0.3, -0.25) is 13.8 Å². The lowest BCUT2D eigenvalue weighted by Gasteiger charge is -2.13. The number of hydrogen-bond acceptors (Lipinski definition) is 7. The van der Waals surface area contributed by atoms with Gasteiger partial charge in [-0.2, -0.15) is 0 Å². The van der Waals surface area contributed by atoms with Gasteiger partial charge in [0.25, 0.3) is 5.56 Å². The summed E-state index contributed by atoms with van der Waals surface area (Å²) >= 11 is 6.46. The predicted molar refractivity (Wildman–Crippen MR) is 130 cm³/mol. The molecule has 10 heteroatoms. The van der Waals surface area contributed by atoms with Gasteiger partial charge in [0.2, 0.25) is 0 Å². The molecule has 0 spiro atoms. The lowest BCUT2D eigenvalue weighted by atomic mass is 10.3. The van der Waals surface area contributed by atoms with Crippen molar-refractivity contribution in [2.24, 2.45) is 0 Å². The van der Waals surface area contributed by atoms with Gasteiger partial charge in [0.05, 0.1) is 23.4 Å². The maximum absolute atomic E-state index is 12.5. The van der Waals surface area contributed by atoms with Crippen molar-refractivity contribution in [2.45, 2.75) is 10.9 Å². The minimum Gasteiger partial charge on any atom is -0.495 e. The molecule has 0 aliphatic carbocycles. The molecule has 5 rings (SSSR count). The first kappa shape index (κ1) is 20.9. The highest BCUT2D eigenvalue weighted by Gasteiger charge is 2.20. The molecule has 32 heavy (non-hydrogen) atoms. The molecule has 0 unspecified atom stereocenters. The number of rotatable bonds is 6. The summed E-state index contributed by atoms with van der Waals surface area (Å²) in [6.07, 6.45) is 1.72. The Kier molecular flexibility index (Phi) is 5.81. The Morgan fingerprint density at radius 2 is 2.00 bits per heavy atom. The number of benzene rings is 1. The molecule has 0 bridgehead atoms. The molecule has 5 aromatic rings. The van der Waals surface area contributed by atoms with Crippen molar-refractivity contribution in [1.29, 1.82) is 0 Å². The van der Waals surface area contributed by atoms with E-state index in [0.29, 0.717) is 22.3 Å². The Morgan fingerprint density at radius 3 is 2.81 bits per heavy atom. The van der Waals surface area contributed by atoms with Crippen LogP contribution in [-0.4, -0.2) is 31.3 Å². The highest BCUT2D eigenvalue weighted by Crippen LogP contribution is 2.34. The number of halogens is 1. The number of methoxy groups -OCH3 is 1. The molecular formula is C22H16BrN5O2S2. The SMILES string of the molecule is COc1ccccc1-n1c(SCc2cc(=O)n3cc(Br)ccc3n2)nnc1-c1cccs1.